The lowest BCUT2D eigenvalue weighted by Gasteiger charge is -2.45. The van der Waals surface area contributed by atoms with Crippen molar-refractivity contribution >= 4 is 47.4 Å². The van der Waals surface area contributed by atoms with E-state index in [2.05, 4.69) is 9.80 Å². The minimum absolute atomic E-state index is 0. The van der Waals surface area contributed by atoms with E-state index in [0.717, 1.165) is 42.6 Å². The van der Waals surface area contributed by atoms with Crippen LogP contribution in [0.2, 0.25) is 10.0 Å². The van der Waals surface area contributed by atoms with Crippen LogP contribution >= 0.6 is 35.6 Å². The number of carbonyl (C=O) groups is 2. The van der Waals surface area contributed by atoms with E-state index in [-0.39, 0.29) is 36.2 Å². The van der Waals surface area contributed by atoms with Gasteiger partial charge < -0.3 is 4.74 Å². The van der Waals surface area contributed by atoms with Gasteiger partial charge in [-0.05, 0) is 68.5 Å². The normalized spacial score (nSPS) is 18.8. The predicted molar refractivity (Wildman–Crippen MR) is 172 cm³/mol. The number of nitrogens with zero attached hydrogens (tertiary/aromatic N) is 2. The van der Waals surface area contributed by atoms with Crippen molar-refractivity contribution in [2.75, 3.05) is 33.3 Å². The Morgan fingerprint density at radius 2 is 1.43 bits per heavy atom. The largest absolute Gasteiger partial charge is 0.468 e. The first-order valence-electron chi connectivity index (χ1n) is 14.6. The van der Waals surface area contributed by atoms with E-state index in [1.54, 1.807) is 0 Å². The zero-order chi connectivity index (χ0) is 28.8. The first kappa shape index (κ1) is 32.5. The number of likely N-dealkylation sites (tertiary alicyclic amines) is 2. The Hall–Kier alpha value is -2.41. The molecule has 2 unspecified atom stereocenters. The first-order chi connectivity index (χ1) is 19.9. The number of ether oxygens (including phenoxy) is 1. The summed E-state index contributed by atoms with van der Waals surface area (Å²) < 4.78 is 5.34. The van der Waals surface area contributed by atoms with E-state index in [0.29, 0.717) is 42.4 Å². The zero-order valence-corrected chi connectivity index (χ0v) is 26.3. The number of hydrogen-bond acceptors (Lipinski definition) is 5. The van der Waals surface area contributed by atoms with Crippen LogP contribution in [-0.4, -0.2) is 60.9 Å². The van der Waals surface area contributed by atoms with Crippen molar-refractivity contribution in [1.29, 1.82) is 0 Å². The monoisotopic (exact) mass is 628 g/mol. The molecule has 2 atom stereocenters. The number of halogens is 3. The summed E-state index contributed by atoms with van der Waals surface area (Å²) in [7, 11) is 1.47. The van der Waals surface area contributed by atoms with Gasteiger partial charge in [-0.15, -0.1) is 12.4 Å². The maximum Gasteiger partial charge on any atom is 0.316 e. The summed E-state index contributed by atoms with van der Waals surface area (Å²) in [6.07, 6.45) is 5.27. The average Bonchev–Trinajstić information content (AvgIpc) is 3.04. The second-order valence-corrected chi connectivity index (χ2v) is 12.1. The summed E-state index contributed by atoms with van der Waals surface area (Å²) in [5.74, 6) is -0.0392. The number of esters is 1. The molecular weight excluding hydrogens is 591 g/mol. The molecule has 0 radical (unpaired) electrons. The molecule has 224 valence electrons. The maximum atomic E-state index is 14.1. The Kier molecular flexibility index (Phi) is 11.5. The van der Waals surface area contributed by atoms with Crippen molar-refractivity contribution in [3.05, 3.63) is 106 Å². The molecule has 8 heteroatoms. The predicted octanol–water partition coefficient (Wildman–Crippen LogP) is 7.79. The van der Waals surface area contributed by atoms with Gasteiger partial charge in [-0.1, -0.05) is 96.4 Å². The molecule has 5 nitrogen and oxygen atoms in total. The smallest absolute Gasteiger partial charge is 0.316 e. The number of piperidine rings is 2. The van der Waals surface area contributed by atoms with Gasteiger partial charge in [0.15, 0.2) is 5.78 Å². The lowest BCUT2D eigenvalue weighted by molar-refractivity contribution is -0.150. The lowest BCUT2D eigenvalue weighted by atomic mass is 9.72. The van der Waals surface area contributed by atoms with Crippen molar-refractivity contribution in [2.24, 2.45) is 0 Å². The molecule has 3 aromatic rings. The molecule has 0 aromatic heterocycles. The second-order valence-electron chi connectivity index (χ2n) is 11.2. The highest BCUT2D eigenvalue weighted by Gasteiger charge is 2.45. The molecule has 0 N–H and O–H groups in total. The van der Waals surface area contributed by atoms with Gasteiger partial charge in [0.25, 0.3) is 0 Å². The van der Waals surface area contributed by atoms with Crippen LogP contribution in [0.4, 0.5) is 0 Å². The summed E-state index contributed by atoms with van der Waals surface area (Å²) in [4.78, 5) is 32.1. The molecule has 3 aromatic carbocycles. The standard InChI is InChI=1S/C34H38Cl2N2O3.ClH/c1-41-33(40)34(27-13-7-3-8-14-27)17-21-38(22-18-34)30(26-15-16-28(35)29(36)23-26)24-31(37-19-9-4-10-20-37)32(39)25-11-5-2-6-12-25;/h2-3,5-8,11-16,23,30-31H,4,9-10,17-22,24H2,1H3;1H. The van der Waals surface area contributed by atoms with Crippen LogP contribution in [0.25, 0.3) is 0 Å². The number of rotatable bonds is 9. The molecule has 0 spiro atoms. The Bertz CT molecular complexity index is 1320. The summed E-state index contributed by atoms with van der Waals surface area (Å²) in [5, 5.41) is 1.01. The number of benzene rings is 3. The van der Waals surface area contributed by atoms with Crippen LogP contribution < -0.4 is 0 Å². The third kappa shape index (κ3) is 7.03. The molecule has 2 saturated heterocycles. The first-order valence-corrected chi connectivity index (χ1v) is 15.3. The fraction of sp³-hybridized carbons (Fsp3) is 0.412. The lowest BCUT2D eigenvalue weighted by Crippen LogP contribution is -2.51. The minimum Gasteiger partial charge on any atom is -0.468 e. The van der Waals surface area contributed by atoms with Gasteiger partial charge in [0, 0.05) is 24.7 Å². The third-order valence-corrected chi connectivity index (χ3v) is 9.70. The van der Waals surface area contributed by atoms with Crippen LogP contribution in [0, 0.1) is 0 Å². The summed E-state index contributed by atoms with van der Waals surface area (Å²) in [6.45, 7) is 3.19. The van der Waals surface area contributed by atoms with Gasteiger partial charge in [-0.2, -0.15) is 0 Å². The van der Waals surface area contributed by atoms with Crippen molar-refractivity contribution in [3.8, 4) is 0 Å². The quantitative estimate of drug-likeness (QED) is 0.179. The van der Waals surface area contributed by atoms with Crippen LogP contribution in [0.1, 0.15) is 66.1 Å². The second kappa shape index (κ2) is 14.9. The van der Waals surface area contributed by atoms with Gasteiger partial charge in [0.1, 0.15) is 0 Å². The average molecular weight is 630 g/mol. The third-order valence-electron chi connectivity index (χ3n) is 8.96. The van der Waals surface area contributed by atoms with Crippen molar-refractivity contribution < 1.29 is 14.3 Å². The highest BCUT2D eigenvalue weighted by Crippen LogP contribution is 2.41. The summed E-state index contributed by atoms with van der Waals surface area (Å²) >= 11 is 12.9. The number of methoxy groups -OCH3 is 1. The Morgan fingerprint density at radius 3 is 2.02 bits per heavy atom. The number of Topliss-reactive ketones (excluding diaryl/α,β-unsaturated/α-hetero) is 1. The van der Waals surface area contributed by atoms with Gasteiger partial charge in [0.2, 0.25) is 0 Å². The molecule has 5 rings (SSSR count). The number of carbonyl (C=O) groups excluding carboxylic acids is 2. The molecule has 2 aliphatic rings. The Morgan fingerprint density at radius 1 is 0.810 bits per heavy atom. The van der Waals surface area contributed by atoms with Crippen molar-refractivity contribution in [1.82, 2.24) is 9.80 Å². The highest BCUT2D eigenvalue weighted by molar-refractivity contribution is 6.42. The van der Waals surface area contributed by atoms with Crippen LogP contribution in [-0.2, 0) is 14.9 Å². The van der Waals surface area contributed by atoms with Gasteiger partial charge in [0.05, 0.1) is 28.6 Å². The summed E-state index contributed by atoms with van der Waals surface area (Å²) in [5.41, 5.74) is 2.07. The highest BCUT2D eigenvalue weighted by atomic mass is 35.5. The fourth-order valence-corrected chi connectivity index (χ4v) is 6.96. The van der Waals surface area contributed by atoms with E-state index in [1.165, 1.54) is 13.5 Å². The molecular formula is C34H39Cl3N2O3. The molecule has 0 amide bonds. The zero-order valence-electron chi connectivity index (χ0n) is 24.0. The Balaban J connectivity index is 0.00000405. The summed E-state index contributed by atoms with van der Waals surface area (Å²) in [6, 6.07) is 25.1. The van der Waals surface area contributed by atoms with Crippen molar-refractivity contribution in [3.63, 3.8) is 0 Å². The molecule has 0 aliphatic carbocycles. The van der Waals surface area contributed by atoms with Crippen LogP contribution in [0.5, 0.6) is 0 Å². The molecule has 2 aliphatic heterocycles. The van der Waals surface area contributed by atoms with Gasteiger partial charge in [-0.25, -0.2) is 0 Å². The van der Waals surface area contributed by atoms with Crippen LogP contribution in [0.15, 0.2) is 78.9 Å². The van der Waals surface area contributed by atoms with Gasteiger partial charge >= 0.3 is 5.97 Å². The van der Waals surface area contributed by atoms with E-state index in [1.807, 2.05) is 78.9 Å². The minimum atomic E-state index is -0.694. The molecule has 0 bridgehead atoms. The number of hydrogen-bond donors (Lipinski definition) is 0. The van der Waals surface area contributed by atoms with Crippen LogP contribution in [0.3, 0.4) is 0 Å². The number of ketones is 1. The van der Waals surface area contributed by atoms with E-state index in [9.17, 15) is 9.59 Å². The van der Waals surface area contributed by atoms with Gasteiger partial charge in [-0.3, -0.25) is 19.4 Å². The molecule has 0 saturated carbocycles. The maximum absolute atomic E-state index is 14.1. The molecule has 2 fully saturated rings. The van der Waals surface area contributed by atoms with E-state index < -0.39 is 5.41 Å². The van der Waals surface area contributed by atoms with Crippen molar-refractivity contribution in [2.45, 2.75) is 56.0 Å². The fourth-order valence-electron chi connectivity index (χ4n) is 6.65. The SMILES string of the molecule is COC(=O)C1(c2ccccc2)CCN(C(CC(C(=O)c2ccccc2)N2CCCCC2)c2ccc(Cl)c(Cl)c2)CC1.Cl. The molecule has 2 heterocycles. The van der Waals surface area contributed by atoms with E-state index in [4.69, 9.17) is 27.9 Å². The van der Waals surface area contributed by atoms with E-state index >= 15 is 0 Å². The topological polar surface area (TPSA) is 49.9 Å². The molecule has 42 heavy (non-hydrogen) atoms. The Labute approximate surface area is 265 Å².